The largest absolute Gasteiger partial charge is 0.443 e. The second kappa shape index (κ2) is 8.28. The van der Waals surface area contributed by atoms with Crippen LogP contribution in [-0.2, 0) is 19.1 Å². The number of Topliss-reactive ketones (excluding diaryl/α,β-unsaturated/α-hetero) is 1. The van der Waals surface area contributed by atoms with Crippen LogP contribution in [0.15, 0.2) is 24.3 Å². The Morgan fingerprint density at radius 1 is 1.18 bits per heavy atom. The molecule has 8 nitrogen and oxygen atoms in total. The van der Waals surface area contributed by atoms with Crippen molar-refractivity contribution in [3.05, 3.63) is 24.3 Å². The topological polar surface area (TPSA) is 88.2 Å². The molecule has 3 rings (SSSR count). The fourth-order valence-corrected chi connectivity index (χ4v) is 3.52. The first-order valence-electron chi connectivity index (χ1n) is 9.46. The zero-order chi connectivity index (χ0) is 20.3. The van der Waals surface area contributed by atoms with Gasteiger partial charge in [-0.2, -0.15) is 0 Å². The van der Waals surface area contributed by atoms with E-state index in [4.69, 9.17) is 9.47 Å². The number of nitrogens with zero attached hydrogens (tertiary/aromatic N) is 2. The molecular formula is C20H27N3O5. The van der Waals surface area contributed by atoms with E-state index < -0.39 is 6.09 Å². The minimum absolute atomic E-state index is 0.0705. The number of amides is 2. The lowest BCUT2D eigenvalue weighted by molar-refractivity contribution is -0.125. The maximum Gasteiger partial charge on any atom is 0.414 e. The highest BCUT2D eigenvalue weighted by molar-refractivity contribution is 5.95. The Morgan fingerprint density at radius 3 is 2.43 bits per heavy atom. The zero-order valence-corrected chi connectivity index (χ0v) is 16.6. The summed E-state index contributed by atoms with van der Waals surface area (Å²) in [5, 5.41) is 3.30. The van der Waals surface area contributed by atoms with Crippen molar-refractivity contribution in [3.8, 4) is 0 Å². The van der Waals surface area contributed by atoms with Crippen molar-refractivity contribution < 1.29 is 23.9 Å². The van der Waals surface area contributed by atoms with Gasteiger partial charge in [-0.05, 0) is 45.0 Å². The van der Waals surface area contributed by atoms with Crippen molar-refractivity contribution >= 4 is 29.2 Å². The minimum atomic E-state index is -0.397. The van der Waals surface area contributed by atoms with E-state index in [-0.39, 0.29) is 29.9 Å². The predicted octanol–water partition coefficient (Wildman–Crippen LogP) is 1.72. The molecule has 2 aliphatic rings. The number of morpholine rings is 1. The molecule has 2 amide bonds. The molecule has 2 fully saturated rings. The Morgan fingerprint density at radius 2 is 1.82 bits per heavy atom. The zero-order valence-electron chi connectivity index (χ0n) is 16.6. The molecule has 0 spiro atoms. The summed E-state index contributed by atoms with van der Waals surface area (Å²) in [5.41, 5.74) is 1.16. The molecule has 152 valence electrons. The average molecular weight is 389 g/mol. The number of cyclic esters (lactones) is 1. The minimum Gasteiger partial charge on any atom is -0.443 e. The third-order valence-corrected chi connectivity index (χ3v) is 4.83. The Balaban J connectivity index is 1.59. The van der Waals surface area contributed by atoms with Gasteiger partial charge in [-0.15, -0.1) is 0 Å². The monoisotopic (exact) mass is 389 g/mol. The van der Waals surface area contributed by atoms with Gasteiger partial charge in [0.2, 0.25) is 0 Å². The fourth-order valence-electron chi connectivity index (χ4n) is 3.52. The molecule has 2 saturated heterocycles. The van der Waals surface area contributed by atoms with Gasteiger partial charge < -0.3 is 19.7 Å². The highest BCUT2D eigenvalue weighted by Gasteiger charge is 2.33. The number of carbonyl (C=O) groups excluding carboxylic acids is 3. The molecule has 28 heavy (non-hydrogen) atoms. The van der Waals surface area contributed by atoms with Gasteiger partial charge in [-0.1, -0.05) is 0 Å². The average Bonchev–Trinajstić information content (AvgIpc) is 3.01. The van der Waals surface area contributed by atoms with Crippen LogP contribution < -0.4 is 15.1 Å². The molecule has 1 aromatic rings. The summed E-state index contributed by atoms with van der Waals surface area (Å²) in [5.74, 6) is 0.0419. The van der Waals surface area contributed by atoms with Gasteiger partial charge >= 0.3 is 6.09 Å². The van der Waals surface area contributed by atoms with Crippen LogP contribution in [0.4, 0.5) is 16.2 Å². The number of ketones is 1. The second-order valence-electron chi connectivity index (χ2n) is 7.87. The summed E-state index contributed by atoms with van der Waals surface area (Å²) in [6.07, 6.45) is -0.273. The standard InChI is InChI=1S/C20H27N3O5/c1-14(24)10-20(2,3)21-11-17-12-23(19(26)28-17)16-6-4-15(5-7-16)22-8-9-27-13-18(22)25/h4-7,17,21H,8-13H2,1-3H3/t17-/m0/s1. The van der Waals surface area contributed by atoms with Crippen LogP contribution in [0.5, 0.6) is 0 Å². The first kappa shape index (κ1) is 20.3. The van der Waals surface area contributed by atoms with Gasteiger partial charge in [0, 0.05) is 36.4 Å². The molecule has 1 aromatic carbocycles. The van der Waals surface area contributed by atoms with Crippen LogP contribution in [-0.4, -0.2) is 62.3 Å². The fraction of sp³-hybridized carbons (Fsp3) is 0.550. The van der Waals surface area contributed by atoms with Gasteiger partial charge in [-0.3, -0.25) is 14.5 Å². The van der Waals surface area contributed by atoms with Gasteiger partial charge in [-0.25, -0.2) is 4.79 Å². The van der Waals surface area contributed by atoms with E-state index in [1.54, 1.807) is 16.7 Å². The predicted molar refractivity (Wildman–Crippen MR) is 105 cm³/mol. The smallest absolute Gasteiger partial charge is 0.414 e. The van der Waals surface area contributed by atoms with E-state index in [0.717, 1.165) is 11.4 Å². The third kappa shape index (κ3) is 4.88. The number of carbonyl (C=O) groups is 3. The number of rotatable bonds is 7. The Bertz CT molecular complexity index is 747. The van der Waals surface area contributed by atoms with Gasteiger partial charge in [0.1, 0.15) is 18.5 Å². The van der Waals surface area contributed by atoms with Crippen LogP contribution in [0.1, 0.15) is 27.2 Å². The van der Waals surface area contributed by atoms with E-state index in [2.05, 4.69) is 5.32 Å². The quantitative estimate of drug-likeness (QED) is 0.764. The Labute approximate surface area is 164 Å². The molecule has 0 saturated carbocycles. The summed E-state index contributed by atoms with van der Waals surface area (Å²) in [6.45, 7) is 7.50. The molecule has 0 aromatic heterocycles. The van der Waals surface area contributed by atoms with E-state index >= 15 is 0 Å². The number of hydrogen-bond acceptors (Lipinski definition) is 6. The molecule has 2 aliphatic heterocycles. The summed E-state index contributed by atoms with van der Waals surface area (Å²) < 4.78 is 10.6. The molecule has 0 unspecified atom stereocenters. The molecular weight excluding hydrogens is 362 g/mol. The van der Waals surface area contributed by atoms with Crippen molar-refractivity contribution in [1.29, 1.82) is 0 Å². The van der Waals surface area contributed by atoms with Crippen LogP contribution in [0, 0.1) is 0 Å². The van der Waals surface area contributed by atoms with Gasteiger partial charge in [0.05, 0.1) is 13.2 Å². The van der Waals surface area contributed by atoms with Crippen LogP contribution in [0.3, 0.4) is 0 Å². The number of anilines is 2. The second-order valence-corrected chi connectivity index (χ2v) is 7.87. The van der Waals surface area contributed by atoms with Gasteiger partial charge in [0.25, 0.3) is 5.91 Å². The summed E-state index contributed by atoms with van der Waals surface area (Å²) in [4.78, 5) is 38.8. The summed E-state index contributed by atoms with van der Waals surface area (Å²) in [6, 6.07) is 7.28. The maximum absolute atomic E-state index is 12.3. The molecule has 0 aliphatic carbocycles. The van der Waals surface area contributed by atoms with Crippen molar-refractivity contribution in [2.75, 3.05) is 42.6 Å². The van der Waals surface area contributed by atoms with E-state index in [1.807, 2.05) is 38.1 Å². The first-order valence-corrected chi connectivity index (χ1v) is 9.46. The third-order valence-electron chi connectivity index (χ3n) is 4.83. The maximum atomic E-state index is 12.3. The lowest BCUT2D eigenvalue weighted by atomic mass is 9.98. The highest BCUT2D eigenvalue weighted by Crippen LogP contribution is 2.25. The Kier molecular flexibility index (Phi) is 6.00. The molecule has 1 N–H and O–H groups in total. The molecule has 1 atom stereocenters. The van der Waals surface area contributed by atoms with Gasteiger partial charge in [0.15, 0.2) is 0 Å². The lowest BCUT2D eigenvalue weighted by Gasteiger charge is -2.27. The van der Waals surface area contributed by atoms with E-state index in [1.165, 1.54) is 0 Å². The number of nitrogens with one attached hydrogen (secondary N) is 1. The number of ether oxygens (including phenoxy) is 2. The van der Waals surface area contributed by atoms with Crippen LogP contribution >= 0.6 is 0 Å². The Hall–Kier alpha value is -2.45. The number of benzene rings is 1. The molecule has 2 heterocycles. The lowest BCUT2D eigenvalue weighted by Crippen LogP contribution is -2.45. The van der Waals surface area contributed by atoms with E-state index in [0.29, 0.717) is 32.7 Å². The number of hydrogen-bond donors (Lipinski definition) is 1. The van der Waals surface area contributed by atoms with Crippen molar-refractivity contribution in [3.63, 3.8) is 0 Å². The SMILES string of the molecule is CC(=O)CC(C)(C)NC[C@H]1CN(c2ccc(N3CCOCC3=O)cc2)C(=O)O1. The summed E-state index contributed by atoms with van der Waals surface area (Å²) >= 11 is 0. The van der Waals surface area contributed by atoms with Crippen molar-refractivity contribution in [2.45, 2.75) is 38.8 Å². The van der Waals surface area contributed by atoms with Crippen LogP contribution in [0.2, 0.25) is 0 Å². The highest BCUT2D eigenvalue weighted by atomic mass is 16.6. The first-order chi connectivity index (χ1) is 13.2. The molecule has 0 bridgehead atoms. The van der Waals surface area contributed by atoms with E-state index in [9.17, 15) is 14.4 Å². The van der Waals surface area contributed by atoms with Crippen molar-refractivity contribution in [1.82, 2.24) is 5.32 Å². The van der Waals surface area contributed by atoms with Crippen LogP contribution in [0.25, 0.3) is 0 Å². The summed E-state index contributed by atoms with van der Waals surface area (Å²) in [7, 11) is 0. The normalized spacial score (nSPS) is 20.5. The molecule has 8 heteroatoms. The molecule has 0 radical (unpaired) electrons. The van der Waals surface area contributed by atoms with Crippen molar-refractivity contribution in [2.24, 2.45) is 0 Å².